The van der Waals surface area contributed by atoms with E-state index in [0.29, 0.717) is 0 Å². The second-order valence-electron chi connectivity index (χ2n) is 4.88. The second kappa shape index (κ2) is 6.35. The van der Waals surface area contributed by atoms with Crippen LogP contribution >= 0.6 is 0 Å². The molecule has 2 rings (SSSR count). The van der Waals surface area contributed by atoms with Gasteiger partial charge in [0.25, 0.3) is 5.69 Å². The lowest BCUT2D eigenvalue weighted by Gasteiger charge is -2.16. The molecule has 0 aliphatic carbocycles. The standard InChI is InChI=1S/C16H17FN2O2/c1-3-12-4-6-13(7-5-12)11(2)18-16-10-14(19(20)21)8-9-15(16)17/h4-11,18H,3H2,1-2H3. The number of nitro benzene ring substituents is 1. The van der Waals surface area contributed by atoms with E-state index in [4.69, 9.17) is 0 Å². The Kier molecular flexibility index (Phi) is 4.52. The average Bonchev–Trinajstić information content (AvgIpc) is 2.49. The maximum absolute atomic E-state index is 13.7. The van der Waals surface area contributed by atoms with Gasteiger partial charge in [-0.15, -0.1) is 0 Å². The van der Waals surface area contributed by atoms with Crippen molar-refractivity contribution in [1.82, 2.24) is 0 Å². The van der Waals surface area contributed by atoms with Crippen LogP contribution in [0.1, 0.15) is 31.0 Å². The van der Waals surface area contributed by atoms with Crippen LogP contribution in [-0.2, 0) is 6.42 Å². The van der Waals surface area contributed by atoms with Gasteiger partial charge in [-0.25, -0.2) is 4.39 Å². The van der Waals surface area contributed by atoms with E-state index in [2.05, 4.69) is 12.2 Å². The third-order valence-electron chi connectivity index (χ3n) is 3.42. The first-order valence-corrected chi connectivity index (χ1v) is 6.80. The highest BCUT2D eigenvalue weighted by Crippen LogP contribution is 2.25. The molecular weight excluding hydrogens is 271 g/mol. The van der Waals surface area contributed by atoms with Crippen molar-refractivity contribution in [3.8, 4) is 0 Å². The van der Waals surface area contributed by atoms with Crippen LogP contribution < -0.4 is 5.32 Å². The van der Waals surface area contributed by atoms with Crippen molar-refractivity contribution < 1.29 is 9.31 Å². The first-order valence-electron chi connectivity index (χ1n) is 6.80. The summed E-state index contributed by atoms with van der Waals surface area (Å²) in [5.41, 5.74) is 2.23. The normalized spacial score (nSPS) is 12.0. The van der Waals surface area contributed by atoms with Gasteiger partial charge in [0.15, 0.2) is 0 Å². The molecule has 0 aliphatic rings. The molecule has 0 bridgehead atoms. The molecule has 1 N–H and O–H groups in total. The molecule has 0 aromatic heterocycles. The fourth-order valence-electron chi connectivity index (χ4n) is 2.10. The summed E-state index contributed by atoms with van der Waals surface area (Å²) in [6, 6.07) is 11.3. The zero-order valence-electron chi connectivity index (χ0n) is 12.0. The molecule has 110 valence electrons. The Hall–Kier alpha value is -2.43. The summed E-state index contributed by atoms with van der Waals surface area (Å²) in [5.74, 6) is -0.502. The molecule has 0 aliphatic heterocycles. The molecule has 0 saturated carbocycles. The van der Waals surface area contributed by atoms with Gasteiger partial charge in [0, 0.05) is 18.2 Å². The number of nitro groups is 1. The number of aryl methyl sites for hydroxylation is 1. The largest absolute Gasteiger partial charge is 0.376 e. The fraction of sp³-hybridized carbons (Fsp3) is 0.250. The van der Waals surface area contributed by atoms with Crippen LogP contribution in [0.15, 0.2) is 42.5 Å². The number of benzene rings is 2. The summed E-state index contributed by atoms with van der Waals surface area (Å²) in [6.07, 6.45) is 0.960. The van der Waals surface area contributed by atoms with E-state index in [1.807, 2.05) is 31.2 Å². The molecule has 2 aromatic carbocycles. The van der Waals surface area contributed by atoms with Gasteiger partial charge in [0.2, 0.25) is 0 Å². The quantitative estimate of drug-likeness (QED) is 0.652. The summed E-state index contributed by atoms with van der Waals surface area (Å²) in [6.45, 7) is 3.97. The van der Waals surface area contributed by atoms with Gasteiger partial charge in [0.05, 0.1) is 10.6 Å². The van der Waals surface area contributed by atoms with Crippen molar-refractivity contribution in [2.45, 2.75) is 26.3 Å². The maximum atomic E-state index is 13.7. The zero-order valence-corrected chi connectivity index (χ0v) is 12.0. The predicted molar refractivity (Wildman–Crippen MR) is 80.9 cm³/mol. The Morgan fingerprint density at radius 2 is 1.90 bits per heavy atom. The third kappa shape index (κ3) is 3.56. The first kappa shape index (κ1) is 15.0. The van der Waals surface area contributed by atoms with Crippen LogP contribution in [0, 0.1) is 15.9 Å². The first-order chi connectivity index (χ1) is 10.0. The number of hydrogen-bond donors (Lipinski definition) is 1. The number of hydrogen-bond acceptors (Lipinski definition) is 3. The van der Waals surface area contributed by atoms with Crippen molar-refractivity contribution in [3.05, 3.63) is 69.5 Å². The van der Waals surface area contributed by atoms with Crippen molar-refractivity contribution in [2.75, 3.05) is 5.32 Å². The molecule has 2 aromatic rings. The van der Waals surface area contributed by atoms with E-state index in [0.717, 1.165) is 24.1 Å². The highest BCUT2D eigenvalue weighted by atomic mass is 19.1. The molecule has 21 heavy (non-hydrogen) atoms. The molecule has 0 amide bonds. The number of halogens is 1. The molecule has 1 atom stereocenters. The molecule has 5 heteroatoms. The molecule has 0 spiro atoms. The zero-order chi connectivity index (χ0) is 15.4. The molecule has 4 nitrogen and oxygen atoms in total. The van der Waals surface area contributed by atoms with Gasteiger partial charge in [-0.1, -0.05) is 31.2 Å². The van der Waals surface area contributed by atoms with Crippen molar-refractivity contribution in [3.63, 3.8) is 0 Å². The summed E-state index contributed by atoms with van der Waals surface area (Å²) in [7, 11) is 0. The molecule has 0 heterocycles. The molecule has 0 fully saturated rings. The number of nitrogens with one attached hydrogen (secondary N) is 1. The summed E-state index contributed by atoms with van der Waals surface area (Å²) in [5, 5.41) is 13.7. The number of rotatable bonds is 5. The van der Waals surface area contributed by atoms with E-state index >= 15 is 0 Å². The van der Waals surface area contributed by atoms with Gasteiger partial charge in [0.1, 0.15) is 5.82 Å². The molecule has 0 saturated heterocycles. The fourth-order valence-corrected chi connectivity index (χ4v) is 2.10. The SMILES string of the molecule is CCc1ccc(C(C)Nc2cc([N+](=O)[O-])ccc2F)cc1. The van der Waals surface area contributed by atoms with Gasteiger partial charge in [-0.05, 0) is 30.5 Å². The van der Waals surface area contributed by atoms with Crippen LogP contribution in [0.25, 0.3) is 0 Å². The van der Waals surface area contributed by atoms with E-state index in [9.17, 15) is 14.5 Å². The van der Waals surface area contributed by atoms with Crippen LogP contribution in [-0.4, -0.2) is 4.92 Å². The number of non-ortho nitro benzene ring substituents is 1. The van der Waals surface area contributed by atoms with E-state index < -0.39 is 10.7 Å². The highest BCUT2D eigenvalue weighted by Gasteiger charge is 2.13. The minimum absolute atomic E-state index is 0.132. The molecule has 1 unspecified atom stereocenters. The maximum Gasteiger partial charge on any atom is 0.271 e. The van der Waals surface area contributed by atoms with E-state index in [-0.39, 0.29) is 17.4 Å². The molecular formula is C16H17FN2O2. The highest BCUT2D eigenvalue weighted by molar-refractivity contribution is 5.53. The van der Waals surface area contributed by atoms with E-state index in [1.165, 1.54) is 11.6 Å². The summed E-state index contributed by atoms with van der Waals surface area (Å²) < 4.78 is 13.7. The lowest BCUT2D eigenvalue weighted by Crippen LogP contribution is -2.08. The number of nitrogens with zero attached hydrogens (tertiary/aromatic N) is 1. The Morgan fingerprint density at radius 1 is 1.24 bits per heavy atom. The minimum Gasteiger partial charge on any atom is -0.376 e. The topological polar surface area (TPSA) is 55.2 Å². The average molecular weight is 288 g/mol. The van der Waals surface area contributed by atoms with Crippen LogP contribution in [0.4, 0.5) is 15.8 Å². The second-order valence-corrected chi connectivity index (χ2v) is 4.88. The summed E-state index contributed by atoms with van der Waals surface area (Å²) in [4.78, 5) is 10.2. The lowest BCUT2D eigenvalue weighted by atomic mass is 10.0. The lowest BCUT2D eigenvalue weighted by molar-refractivity contribution is -0.384. The Morgan fingerprint density at radius 3 is 2.48 bits per heavy atom. The van der Waals surface area contributed by atoms with Gasteiger partial charge in [-0.2, -0.15) is 0 Å². The predicted octanol–water partition coefficient (Wildman–Crippen LogP) is 4.47. The van der Waals surface area contributed by atoms with Crippen LogP contribution in [0.5, 0.6) is 0 Å². The third-order valence-corrected chi connectivity index (χ3v) is 3.42. The minimum atomic E-state index is -0.536. The van der Waals surface area contributed by atoms with Gasteiger partial charge >= 0.3 is 0 Å². The van der Waals surface area contributed by atoms with Crippen molar-refractivity contribution in [2.24, 2.45) is 0 Å². The van der Waals surface area contributed by atoms with Gasteiger partial charge < -0.3 is 5.32 Å². The Bertz CT molecular complexity index is 641. The van der Waals surface area contributed by atoms with Crippen molar-refractivity contribution >= 4 is 11.4 Å². The van der Waals surface area contributed by atoms with Gasteiger partial charge in [-0.3, -0.25) is 10.1 Å². The Balaban J connectivity index is 2.19. The van der Waals surface area contributed by atoms with Crippen LogP contribution in [0.3, 0.4) is 0 Å². The smallest absolute Gasteiger partial charge is 0.271 e. The van der Waals surface area contributed by atoms with E-state index in [1.54, 1.807) is 0 Å². The molecule has 0 radical (unpaired) electrons. The summed E-state index contributed by atoms with van der Waals surface area (Å²) >= 11 is 0. The Labute approximate surface area is 122 Å². The van der Waals surface area contributed by atoms with Crippen LogP contribution in [0.2, 0.25) is 0 Å². The number of anilines is 1. The monoisotopic (exact) mass is 288 g/mol. The van der Waals surface area contributed by atoms with Crippen molar-refractivity contribution in [1.29, 1.82) is 0 Å².